The lowest BCUT2D eigenvalue weighted by molar-refractivity contribution is -0.0290. The Labute approximate surface area is 88.6 Å². The predicted molar refractivity (Wildman–Crippen MR) is 61.5 cm³/mol. The Morgan fingerprint density at radius 3 is 2.29 bits per heavy atom. The van der Waals surface area contributed by atoms with Gasteiger partial charge < -0.3 is 10.5 Å². The van der Waals surface area contributed by atoms with Crippen LogP contribution < -0.4 is 5.73 Å². The maximum Gasteiger partial charge on any atom is 0.0736 e. The minimum absolute atomic E-state index is 0.0422. The Kier molecular flexibility index (Phi) is 6.33. The zero-order valence-electron chi connectivity index (χ0n) is 10.3. The monoisotopic (exact) mass is 202 g/mol. The van der Waals surface area contributed by atoms with Crippen LogP contribution in [0.1, 0.15) is 34.1 Å². The largest absolute Gasteiger partial charge is 0.380 e. The summed E-state index contributed by atoms with van der Waals surface area (Å²) in [4.78, 5) is 2.40. The third-order valence-electron chi connectivity index (χ3n) is 3.24. The van der Waals surface area contributed by atoms with Crippen molar-refractivity contribution in [3.05, 3.63) is 0 Å². The summed E-state index contributed by atoms with van der Waals surface area (Å²) in [6.45, 7) is 11.4. The van der Waals surface area contributed by atoms with Gasteiger partial charge in [-0.05, 0) is 33.4 Å². The van der Waals surface area contributed by atoms with Crippen molar-refractivity contribution in [2.24, 2.45) is 5.73 Å². The molecule has 0 aromatic rings. The number of nitrogens with two attached hydrogens (primary N) is 1. The minimum Gasteiger partial charge on any atom is -0.380 e. The fourth-order valence-corrected chi connectivity index (χ4v) is 1.85. The molecule has 3 heteroatoms. The number of methoxy groups -OCH3 is 1. The highest BCUT2D eigenvalue weighted by molar-refractivity contribution is 4.92. The van der Waals surface area contributed by atoms with Crippen molar-refractivity contribution in [1.82, 2.24) is 4.90 Å². The molecule has 0 aromatic heterocycles. The first-order chi connectivity index (χ1) is 6.56. The molecule has 2 atom stereocenters. The lowest BCUT2D eigenvalue weighted by Crippen LogP contribution is -2.59. The highest BCUT2D eigenvalue weighted by atomic mass is 16.5. The molecular formula is C11H26N2O. The number of rotatable bonds is 7. The van der Waals surface area contributed by atoms with Crippen LogP contribution in [0.5, 0.6) is 0 Å². The number of likely N-dealkylation sites (N-methyl/N-ethyl adjacent to an activating group) is 1. The van der Waals surface area contributed by atoms with Gasteiger partial charge in [-0.2, -0.15) is 0 Å². The molecule has 0 aliphatic rings. The van der Waals surface area contributed by atoms with Crippen LogP contribution in [0.15, 0.2) is 0 Å². The van der Waals surface area contributed by atoms with E-state index in [2.05, 4.69) is 32.6 Å². The van der Waals surface area contributed by atoms with Gasteiger partial charge in [-0.25, -0.2) is 0 Å². The van der Waals surface area contributed by atoms with E-state index in [1.54, 1.807) is 7.11 Å². The molecule has 86 valence electrons. The molecule has 0 aliphatic heterocycles. The van der Waals surface area contributed by atoms with E-state index in [1.165, 1.54) is 0 Å². The number of nitrogens with zero attached hydrogens (tertiary/aromatic N) is 1. The molecule has 0 radical (unpaired) electrons. The van der Waals surface area contributed by atoms with Gasteiger partial charge in [-0.15, -0.1) is 0 Å². The normalized spacial score (nSPS) is 18.2. The molecule has 2 N–H and O–H groups in total. The smallest absolute Gasteiger partial charge is 0.0736 e. The van der Waals surface area contributed by atoms with Gasteiger partial charge in [0.05, 0.1) is 11.6 Å². The van der Waals surface area contributed by atoms with E-state index in [-0.39, 0.29) is 11.6 Å². The first kappa shape index (κ1) is 13.9. The summed E-state index contributed by atoms with van der Waals surface area (Å²) in [6, 6.07) is 0. The number of hydrogen-bond acceptors (Lipinski definition) is 3. The quantitative estimate of drug-likeness (QED) is 0.679. The second kappa shape index (κ2) is 6.38. The molecule has 0 rings (SSSR count). The fourth-order valence-electron chi connectivity index (χ4n) is 1.85. The summed E-state index contributed by atoms with van der Waals surface area (Å²) in [5, 5.41) is 0. The summed E-state index contributed by atoms with van der Waals surface area (Å²) < 4.78 is 5.41. The average molecular weight is 202 g/mol. The Morgan fingerprint density at radius 1 is 1.43 bits per heavy atom. The zero-order valence-corrected chi connectivity index (χ0v) is 10.3. The van der Waals surface area contributed by atoms with Crippen LogP contribution in [0.25, 0.3) is 0 Å². The van der Waals surface area contributed by atoms with Crippen LogP contribution in [-0.2, 0) is 4.74 Å². The SMILES string of the molecule is CCCN(CC)C(C)(CN)C(C)OC. The van der Waals surface area contributed by atoms with Crippen LogP contribution in [0.4, 0.5) is 0 Å². The molecular weight excluding hydrogens is 176 g/mol. The highest BCUT2D eigenvalue weighted by Gasteiger charge is 2.34. The molecule has 0 aliphatic carbocycles. The highest BCUT2D eigenvalue weighted by Crippen LogP contribution is 2.20. The van der Waals surface area contributed by atoms with Crippen molar-refractivity contribution in [1.29, 1.82) is 0 Å². The first-order valence-corrected chi connectivity index (χ1v) is 5.54. The van der Waals surface area contributed by atoms with E-state index < -0.39 is 0 Å². The summed E-state index contributed by atoms with van der Waals surface area (Å²) >= 11 is 0. The zero-order chi connectivity index (χ0) is 11.2. The molecule has 0 heterocycles. The van der Waals surface area contributed by atoms with Crippen LogP contribution >= 0.6 is 0 Å². The Hall–Kier alpha value is -0.120. The third kappa shape index (κ3) is 2.94. The van der Waals surface area contributed by atoms with Crippen molar-refractivity contribution in [3.63, 3.8) is 0 Å². The number of hydrogen-bond donors (Lipinski definition) is 1. The predicted octanol–water partition coefficient (Wildman–Crippen LogP) is 1.47. The summed E-state index contributed by atoms with van der Waals surface area (Å²) in [7, 11) is 1.75. The van der Waals surface area contributed by atoms with Gasteiger partial charge in [0.25, 0.3) is 0 Å². The van der Waals surface area contributed by atoms with E-state index in [0.29, 0.717) is 6.54 Å². The maximum atomic E-state index is 5.87. The van der Waals surface area contributed by atoms with E-state index >= 15 is 0 Å². The van der Waals surface area contributed by atoms with Gasteiger partial charge in [-0.3, -0.25) is 4.90 Å². The van der Waals surface area contributed by atoms with Crippen molar-refractivity contribution in [3.8, 4) is 0 Å². The molecule has 0 saturated heterocycles. The molecule has 14 heavy (non-hydrogen) atoms. The Balaban J connectivity index is 4.60. The Morgan fingerprint density at radius 2 is 2.00 bits per heavy atom. The molecule has 2 unspecified atom stereocenters. The van der Waals surface area contributed by atoms with E-state index in [4.69, 9.17) is 10.5 Å². The number of ether oxygens (including phenoxy) is 1. The maximum absolute atomic E-state index is 5.87. The van der Waals surface area contributed by atoms with Gasteiger partial charge in [0.2, 0.25) is 0 Å². The van der Waals surface area contributed by atoms with Crippen molar-refractivity contribution in [2.75, 3.05) is 26.7 Å². The summed E-state index contributed by atoms with van der Waals surface area (Å²) in [6.07, 6.45) is 1.32. The average Bonchev–Trinajstić information content (AvgIpc) is 2.23. The topological polar surface area (TPSA) is 38.5 Å². The molecule has 0 saturated carbocycles. The minimum atomic E-state index is -0.0422. The van der Waals surface area contributed by atoms with Crippen LogP contribution in [-0.4, -0.2) is 43.3 Å². The van der Waals surface area contributed by atoms with Gasteiger partial charge in [0, 0.05) is 13.7 Å². The van der Waals surface area contributed by atoms with Crippen molar-refractivity contribution >= 4 is 0 Å². The molecule has 0 fully saturated rings. The Bertz CT molecular complexity index is 152. The lowest BCUT2D eigenvalue weighted by atomic mass is 9.93. The van der Waals surface area contributed by atoms with E-state index in [1.807, 2.05) is 0 Å². The second-order valence-corrected chi connectivity index (χ2v) is 4.02. The second-order valence-electron chi connectivity index (χ2n) is 4.02. The third-order valence-corrected chi connectivity index (χ3v) is 3.24. The van der Waals surface area contributed by atoms with Gasteiger partial charge in [0.1, 0.15) is 0 Å². The van der Waals surface area contributed by atoms with Crippen LogP contribution in [0.2, 0.25) is 0 Å². The van der Waals surface area contributed by atoms with E-state index in [9.17, 15) is 0 Å². The molecule has 3 nitrogen and oxygen atoms in total. The standard InChI is InChI=1S/C11H26N2O/c1-6-8-13(7-2)11(4,9-12)10(3)14-5/h10H,6-9,12H2,1-5H3. The molecule has 0 bridgehead atoms. The summed E-state index contributed by atoms with van der Waals surface area (Å²) in [5.74, 6) is 0. The van der Waals surface area contributed by atoms with Gasteiger partial charge in [-0.1, -0.05) is 13.8 Å². The lowest BCUT2D eigenvalue weighted by Gasteiger charge is -2.43. The van der Waals surface area contributed by atoms with E-state index in [0.717, 1.165) is 19.5 Å². The van der Waals surface area contributed by atoms with Crippen molar-refractivity contribution in [2.45, 2.75) is 45.8 Å². The first-order valence-electron chi connectivity index (χ1n) is 5.54. The molecule has 0 spiro atoms. The molecule has 0 aromatic carbocycles. The van der Waals surface area contributed by atoms with Gasteiger partial charge in [0.15, 0.2) is 0 Å². The fraction of sp³-hybridized carbons (Fsp3) is 1.00. The van der Waals surface area contributed by atoms with Crippen LogP contribution in [0.3, 0.4) is 0 Å². The van der Waals surface area contributed by atoms with Crippen LogP contribution in [0, 0.1) is 0 Å². The molecule has 0 amide bonds. The van der Waals surface area contributed by atoms with Crippen molar-refractivity contribution < 1.29 is 4.74 Å². The van der Waals surface area contributed by atoms with Gasteiger partial charge >= 0.3 is 0 Å². The summed E-state index contributed by atoms with van der Waals surface area (Å²) in [5.41, 5.74) is 5.83.